The fourth-order valence-electron chi connectivity index (χ4n) is 1.58. The third-order valence-electron chi connectivity index (χ3n) is 2.82. The molecule has 6 nitrogen and oxygen atoms in total. The highest BCUT2D eigenvalue weighted by molar-refractivity contribution is 5.96. The maximum Gasteiger partial charge on any atom is 0.321 e. The monoisotopic (exact) mass is 280 g/mol. The first-order valence-corrected chi connectivity index (χ1v) is 6.33. The molecule has 0 fully saturated rings. The highest BCUT2D eigenvalue weighted by Crippen LogP contribution is 2.23. The van der Waals surface area contributed by atoms with Crippen LogP contribution in [-0.2, 0) is 4.79 Å². The van der Waals surface area contributed by atoms with E-state index >= 15 is 0 Å². The molecule has 0 bridgehead atoms. The first-order chi connectivity index (χ1) is 9.35. The minimum atomic E-state index is -0.802. The van der Waals surface area contributed by atoms with Gasteiger partial charge in [0.1, 0.15) is 5.75 Å². The summed E-state index contributed by atoms with van der Waals surface area (Å²) >= 11 is 0. The summed E-state index contributed by atoms with van der Waals surface area (Å²) in [5, 5.41) is 13.9. The molecule has 0 aromatic heterocycles. The summed E-state index contributed by atoms with van der Waals surface area (Å²) in [6.07, 6.45) is -1.36. The predicted octanol–water partition coefficient (Wildman–Crippen LogP) is 1.27. The SMILES string of the molecule is CNC(=O)NC(=O)C(C)Oc1ccc([C@@H](C)O)cc1C. The molecule has 0 saturated carbocycles. The zero-order valence-corrected chi connectivity index (χ0v) is 12.1. The lowest BCUT2D eigenvalue weighted by Crippen LogP contribution is -2.44. The van der Waals surface area contributed by atoms with Crippen molar-refractivity contribution in [2.24, 2.45) is 0 Å². The molecule has 1 unspecified atom stereocenters. The number of carbonyl (C=O) groups is 2. The van der Waals surface area contributed by atoms with E-state index in [9.17, 15) is 14.7 Å². The molecule has 0 aliphatic heterocycles. The second kappa shape index (κ2) is 6.91. The highest BCUT2D eigenvalue weighted by atomic mass is 16.5. The van der Waals surface area contributed by atoms with Gasteiger partial charge in [0, 0.05) is 7.05 Å². The Morgan fingerprint density at radius 2 is 1.95 bits per heavy atom. The Hall–Kier alpha value is -2.08. The van der Waals surface area contributed by atoms with Crippen molar-refractivity contribution in [3.8, 4) is 5.75 Å². The molecule has 2 atom stereocenters. The van der Waals surface area contributed by atoms with Gasteiger partial charge in [-0.15, -0.1) is 0 Å². The lowest BCUT2D eigenvalue weighted by Gasteiger charge is -2.16. The van der Waals surface area contributed by atoms with Crippen LogP contribution in [0, 0.1) is 6.92 Å². The van der Waals surface area contributed by atoms with Gasteiger partial charge in [-0.05, 0) is 44.0 Å². The Morgan fingerprint density at radius 1 is 1.30 bits per heavy atom. The molecule has 0 saturated heterocycles. The fraction of sp³-hybridized carbons (Fsp3) is 0.429. The van der Waals surface area contributed by atoms with Crippen molar-refractivity contribution in [1.29, 1.82) is 0 Å². The van der Waals surface area contributed by atoms with Crippen molar-refractivity contribution in [1.82, 2.24) is 10.6 Å². The summed E-state index contributed by atoms with van der Waals surface area (Å²) in [7, 11) is 1.42. The normalized spacial score (nSPS) is 13.2. The first-order valence-electron chi connectivity index (χ1n) is 6.33. The molecule has 0 aliphatic rings. The number of ether oxygens (including phenoxy) is 1. The zero-order valence-electron chi connectivity index (χ0n) is 12.1. The second-order valence-corrected chi connectivity index (χ2v) is 4.53. The number of hydrogen-bond acceptors (Lipinski definition) is 4. The number of imide groups is 1. The summed E-state index contributed by atoms with van der Waals surface area (Å²) in [6, 6.07) is 4.65. The van der Waals surface area contributed by atoms with E-state index in [1.54, 1.807) is 32.0 Å². The van der Waals surface area contributed by atoms with E-state index < -0.39 is 24.1 Å². The van der Waals surface area contributed by atoms with Gasteiger partial charge in [-0.1, -0.05) is 6.07 Å². The van der Waals surface area contributed by atoms with Gasteiger partial charge in [0.05, 0.1) is 6.10 Å². The number of aliphatic hydroxyl groups excluding tert-OH is 1. The van der Waals surface area contributed by atoms with Gasteiger partial charge in [0.25, 0.3) is 5.91 Å². The summed E-state index contributed by atoms with van der Waals surface area (Å²) in [6.45, 7) is 5.06. The number of amides is 3. The lowest BCUT2D eigenvalue weighted by molar-refractivity contribution is -0.126. The molecule has 110 valence electrons. The number of aryl methyl sites for hydroxylation is 1. The van der Waals surface area contributed by atoms with Crippen LogP contribution in [0.1, 0.15) is 31.1 Å². The van der Waals surface area contributed by atoms with Crippen molar-refractivity contribution in [2.45, 2.75) is 33.0 Å². The number of aliphatic hydroxyl groups is 1. The van der Waals surface area contributed by atoms with Gasteiger partial charge in [-0.2, -0.15) is 0 Å². The molecule has 3 N–H and O–H groups in total. The zero-order chi connectivity index (χ0) is 15.3. The Morgan fingerprint density at radius 3 is 2.45 bits per heavy atom. The van der Waals surface area contributed by atoms with E-state index in [4.69, 9.17) is 4.74 Å². The maximum absolute atomic E-state index is 11.7. The first kappa shape index (κ1) is 16.0. The van der Waals surface area contributed by atoms with Gasteiger partial charge < -0.3 is 15.2 Å². The topological polar surface area (TPSA) is 87.7 Å². The van der Waals surface area contributed by atoms with Crippen molar-refractivity contribution < 1.29 is 19.4 Å². The van der Waals surface area contributed by atoms with Crippen LogP contribution >= 0.6 is 0 Å². The summed E-state index contributed by atoms with van der Waals surface area (Å²) in [4.78, 5) is 22.7. The third kappa shape index (κ3) is 4.24. The molecule has 1 aromatic carbocycles. The van der Waals surface area contributed by atoms with Gasteiger partial charge in [0.15, 0.2) is 6.10 Å². The Kier molecular flexibility index (Phi) is 5.52. The Balaban J connectivity index is 2.73. The molecule has 6 heteroatoms. The fourth-order valence-corrected chi connectivity index (χ4v) is 1.58. The average molecular weight is 280 g/mol. The number of carbonyl (C=O) groups excluding carboxylic acids is 2. The lowest BCUT2D eigenvalue weighted by atomic mass is 10.1. The third-order valence-corrected chi connectivity index (χ3v) is 2.82. The van der Waals surface area contributed by atoms with Crippen LogP contribution in [0.15, 0.2) is 18.2 Å². The van der Waals surface area contributed by atoms with Crippen LogP contribution in [0.2, 0.25) is 0 Å². The Bertz CT molecular complexity index is 500. The summed E-state index contributed by atoms with van der Waals surface area (Å²) in [5.41, 5.74) is 1.58. The number of rotatable bonds is 4. The summed E-state index contributed by atoms with van der Waals surface area (Å²) in [5.74, 6) is 0.0114. The average Bonchev–Trinajstić information content (AvgIpc) is 2.40. The molecule has 0 spiro atoms. The molecule has 20 heavy (non-hydrogen) atoms. The van der Waals surface area contributed by atoms with E-state index in [1.165, 1.54) is 7.05 Å². The second-order valence-electron chi connectivity index (χ2n) is 4.53. The Labute approximate surface area is 118 Å². The van der Waals surface area contributed by atoms with Crippen molar-refractivity contribution in [3.05, 3.63) is 29.3 Å². The van der Waals surface area contributed by atoms with Gasteiger partial charge in [0.2, 0.25) is 0 Å². The molecule has 1 aromatic rings. The highest BCUT2D eigenvalue weighted by Gasteiger charge is 2.17. The van der Waals surface area contributed by atoms with E-state index in [2.05, 4.69) is 10.6 Å². The molecule has 0 aliphatic carbocycles. The van der Waals surface area contributed by atoms with Crippen LogP contribution in [0.4, 0.5) is 4.79 Å². The minimum Gasteiger partial charge on any atom is -0.481 e. The van der Waals surface area contributed by atoms with E-state index in [1.807, 2.05) is 6.92 Å². The van der Waals surface area contributed by atoms with Crippen molar-refractivity contribution in [2.75, 3.05) is 7.05 Å². The number of urea groups is 1. The largest absolute Gasteiger partial charge is 0.481 e. The molecular weight excluding hydrogens is 260 g/mol. The van der Waals surface area contributed by atoms with Crippen molar-refractivity contribution >= 4 is 11.9 Å². The smallest absolute Gasteiger partial charge is 0.321 e. The van der Waals surface area contributed by atoms with Gasteiger partial charge >= 0.3 is 6.03 Å². The quantitative estimate of drug-likeness (QED) is 0.775. The molecule has 3 amide bonds. The van der Waals surface area contributed by atoms with Crippen LogP contribution in [0.25, 0.3) is 0 Å². The standard InChI is InChI=1S/C14H20N2O4/c1-8-7-11(9(2)17)5-6-12(8)20-10(3)13(18)16-14(19)15-4/h5-7,9-10,17H,1-4H3,(H2,15,16,18,19)/t9-,10?/m1/s1. The van der Waals surface area contributed by atoms with Crippen molar-refractivity contribution in [3.63, 3.8) is 0 Å². The van der Waals surface area contributed by atoms with Crippen LogP contribution in [0.5, 0.6) is 5.75 Å². The number of nitrogens with one attached hydrogen (secondary N) is 2. The molecule has 0 radical (unpaired) electrons. The number of hydrogen-bond donors (Lipinski definition) is 3. The van der Waals surface area contributed by atoms with E-state index in [-0.39, 0.29) is 0 Å². The molecular formula is C14H20N2O4. The summed E-state index contributed by atoms with van der Waals surface area (Å²) < 4.78 is 5.51. The van der Waals surface area contributed by atoms with Crippen LogP contribution < -0.4 is 15.4 Å². The predicted molar refractivity (Wildman–Crippen MR) is 74.5 cm³/mol. The molecule has 0 heterocycles. The van der Waals surface area contributed by atoms with Gasteiger partial charge in [-0.25, -0.2) is 4.79 Å². The van der Waals surface area contributed by atoms with E-state index in [0.29, 0.717) is 5.75 Å². The molecule has 1 rings (SSSR count). The van der Waals surface area contributed by atoms with Gasteiger partial charge in [-0.3, -0.25) is 10.1 Å². The minimum absolute atomic E-state index is 0.525. The van der Waals surface area contributed by atoms with Crippen LogP contribution in [0.3, 0.4) is 0 Å². The van der Waals surface area contributed by atoms with E-state index in [0.717, 1.165) is 11.1 Å². The number of benzene rings is 1. The maximum atomic E-state index is 11.7. The van der Waals surface area contributed by atoms with Crippen LogP contribution in [-0.4, -0.2) is 30.2 Å².